The molecule has 5 heteroatoms. The predicted molar refractivity (Wildman–Crippen MR) is 77.6 cm³/mol. The Morgan fingerprint density at radius 3 is 2.68 bits per heavy atom. The van der Waals surface area contributed by atoms with Gasteiger partial charge in [-0.3, -0.25) is 0 Å². The van der Waals surface area contributed by atoms with Crippen LogP contribution in [0.1, 0.15) is 36.8 Å². The van der Waals surface area contributed by atoms with Crippen LogP contribution in [0.15, 0.2) is 24.3 Å². The van der Waals surface area contributed by atoms with Gasteiger partial charge in [-0.2, -0.15) is 0 Å². The molecule has 1 atom stereocenters. The Balaban J connectivity index is 2.10. The lowest BCUT2D eigenvalue weighted by Gasteiger charge is -2.23. The molecule has 0 radical (unpaired) electrons. The second-order valence-electron chi connectivity index (χ2n) is 5.37. The van der Waals surface area contributed by atoms with Crippen LogP contribution in [0.2, 0.25) is 0 Å². The Labute approximate surface area is 115 Å². The van der Waals surface area contributed by atoms with Gasteiger partial charge in [0.05, 0.1) is 5.25 Å². The first-order valence-corrected chi connectivity index (χ1v) is 8.39. The van der Waals surface area contributed by atoms with Crippen LogP contribution in [-0.4, -0.2) is 26.8 Å². The molecule has 1 aliphatic heterocycles. The molecule has 106 valence electrons. The first-order valence-electron chi connectivity index (χ1n) is 6.78. The second-order valence-corrected chi connectivity index (χ2v) is 7.36. The zero-order chi connectivity index (χ0) is 13.9. The van der Waals surface area contributed by atoms with Crippen molar-refractivity contribution in [2.24, 2.45) is 5.14 Å². The summed E-state index contributed by atoms with van der Waals surface area (Å²) >= 11 is 0. The van der Waals surface area contributed by atoms with E-state index >= 15 is 0 Å². The standard InChI is InChI=1S/C14H22N2O2S/c1-11(19(15,17)18)9-12-3-2-4-14(10-12)13-5-7-16-8-6-13/h2-4,10-11,13,16H,5-9H2,1H3,(H2,15,17,18). The maximum Gasteiger partial charge on any atom is 0.212 e. The van der Waals surface area contributed by atoms with Crippen molar-refractivity contribution in [3.05, 3.63) is 35.4 Å². The molecule has 1 aromatic carbocycles. The summed E-state index contributed by atoms with van der Waals surface area (Å²) in [4.78, 5) is 0. The average Bonchev–Trinajstić information content (AvgIpc) is 2.39. The molecule has 0 amide bonds. The molecule has 0 saturated carbocycles. The van der Waals surface area contributed by atoms with Crippen LogP contribution in [-0.2, 0) is 16.4 Å². The van der Waals surface area contributed by atoms with Gasteiger partial charge >= 0.3 is 0 Å². The molecule has 0 aliphatic carbocycles. The van der Waals surface area contributed by atoms with Crippen LogP contribution in [0.4, 0.5) is 0 Å². The Kier molecular flexibility index (Phi) is 4.60. The highest BCUT2D eigenvalue weighted by Crippen LogP contribution is 2.26. The van der Waals surface area contributed by atoms with Gasteiger partial charge in [-0.15, -0.1) is 0 Å². The highest BCUT2D eigenvalue weighted by molar-refractivity contribution is 7.89. The SMILES string of the molecule is CC(Cc1cccc(C2CCNCC2)c1)S(N)(=O)=O. The van der Waals surface area contributed by atoms with E-state index in [1.807, 2.05) is 12.1 Å². The lowest BCUT2D eigenvalue weighted by molar-refractivity contribution is 0.460. The smallest absolute Gasteiger partial charge is 0.212 e. The van der Waals surface area contributed by atoms with Crippen molar-refractivity contribution >= 4 is 10.0 Å². The van der Waals surface area contributed by atoms with Crippen LogP contribution in [0.25, 0.3) is 0 Å². The van der Waals surface area contributed by atoms with Crippen molar-refractivity contribution in [2.45, 2.75) is 37.4 Å². The van der Waals surface area contributed by atoms with Gasteiger partial charge in [0.15, 0.2) is 0 Å². The zero-order valence-electron chi connectivity index (χ0n) is 11.3. The molecule has 0 aromatic heterocycles. The molecule has 1 fully saturated rings. The third-order valence-electron chi connectivity index (χ3n) is 3.85. The summed E-state index contributed by atoms with van der Waals surface area (Å²) in [6.45, 7) is 3.78. The topological polar surface area (TPSA) is 72.2 Å². The molecule has 1 saturated heterocycles. The quantitative estimate of drug-likeness (QED) is 0.876. The number of benzene rings is 1. The summed E-state index contributed by atoms with van der Waals surface area (Å²) < 4.78 is 22.6. The van der Waals surface area contributed by atoms with E-state index in [0.717, 1.165) is 31.5 Å². The largest absolute Gasteiger partial charge is 0.317 e. The van der Waals surface area contributed by atoms with Gasteiger partial charge in [-0.1, -0.05) is 24.3 Å². The van der Waals surface area contributed by atoms with E-state index in [9.17, 15) is 8.42 Å². The van der Waals surface area contributed by atoms with Gasteiger partial charge in [0.25, 0.3) is 0 Å². The number of nitrogens with two attached hydrogens (primary N) is 1. The second kappa shape index (κ2) is 6.03. The van der Waals surface area contributed by atoms with Gasteiger partial charge in [-0.05, 0) is 56.3 Å². The lowest BCUT2D eigenvalue weighted by Crippen LogP contribution is -2.28. The fraction of sp³-hybridized carbons (Fsp3) is 0.571. The van der Waals surface area contributed by atoms with E-state index in [4.69, 9.17) is 5.14 Å². The van der Waals surface area contributed by atoms with Crippen LogP contribution >= 0.6 is 0 Å². The summed E-state index contributed by atoms with van der Waals surface area (Å²) in [6, 6.07) is 8.27. The fourth-order valence-electron chi connectivity index (χ4n) is 2.58. The molecule has 1 heterocycles. The van der Waals surface area contributed by atoms with Crippen molar-refractivity contribution < 1.29 is 8.42 Å². The Morgan fingerprint density at radius 2 is 2.05 bits per heavy atom. The van der Waals surface area contributed by atoms with Crippen molar-refractivity contribution in [1.82, 2.24) is 5.32 Å². The fourth-order valence-corrected chi connectivity index (χ4v) is 3.00. The summed E-state index contributed by atoms with van der Waals surface area (Å²) in [5, 5.41) is 8.00. The number of sulfonamides is 1. The molecule has 2 rings (SSSR count). The molecule has 1 unspecified atom stereocenters. The molecule has 0 bridgehead atoms. The molecule has 0 spiro atoms. The van der Waals surface area contributed by atoms with E-state index in [1.165, 1.54) is 5.56 Å². The van der Waals surface area contributed by atoms with E-state index in [0.29, 0.717) is 12.3 Å². The first-order chi connectivity index (χ1) is 8.97. The van der Waals surface area contributed by atoms with E-state index < -0.39 is 15.3 Å². The number of nitrogens with one attached hydrogen (secondary N) is 1. The van der Waals surface area contributed by atoms with Gasteiger partial charge in [0.2, 0.25) is 10.0 Å². The molecular formula is C14H22N2O2S. The summed E-state index contributed by atoms with van der Waals surface area (Å²) in [5.41, 5.74) is 2.37. The van der Waals surface area contributed by atoms with E-state index in [1.54, 1.807) is 6.92 Å². The van der Waals surface area contributed by atoms with Crippen molar-refractivity contribution in [3.63, 3.8) is 0 Å². The highest BCUT2D eigenvalue weighted by Gasteiger charge is 2.18. The van der Waals surface area contributed by atoms with Crippen molar-refractivity contribution in [3.8, 4) is 0 Å². The van der Waals surface area contributed by atoms with E-state index in [2.05, 4.69) is 17.4 Å². The Morgan fingerprint density at radius 1 is 1.37 bits per heavy atom. The van der Waals surface area contributed by atoms with Crippen LogP contribution in [0.5, 0.6) is 0 Å². The van der Waals surface area contributed by atoms with Crippen LogP contribution in [0.3, 0.4) is 0 Å². The molecule has 1 aromatic rings. The lowest BCUT2D eigenvalue weighted by atomic mass is 9.89. The zero-order valence-corrected chi connectivity index (χ0v) is 12.1. The molecule has 4 nitrogen and oxygen atoms in total. The monoisotopic (exact) mass is 282 g/mol. The van der Waals surface area contributed by atoms with E-state index in [-0.39, 0.29) is 0 Å². The summed E-state index contributed by atoms with van der Waals surface area (Å²) in [5.74, 6) is 0.589. The highest BCUT2D eigenvalue weighted by atomic mass is 32.2. The Hall–Kier alpha value is -0.910. The minimum atomic E-state index is -3.45. The summed E-state index contributed by atoms with van der Waals surface area (Å²) in [6.07, 6.45) is 2.78. The molecular weight excluding hydrogens is 260 g/mol. The summed E-state index contributed by atoms with van der Waals surface area (Å²) in [7, 11) is -3.45. The third-order valence-corrected chi connectivity index (χ3v) is 5.13. The maximum absolute atomic E-state index is 11.3. The minimum Gasteiger partial charge on any atom is -0.317 e. The number of rotatable bonds is 4. The van der Waals surface area contributed by atoms with Gasteiger partial charge in [0, 0.05) is 0 Å². The number of hydrogen-bond donors (Lipinski definition) is 2. The molecule has 19 heavy (non-hydrogen) atoms. The first kappa shape index (κ1) is 14.5. The minimum absolute atomic E-state index is 0.484. The number of piperidine rings is 1. The van der Waals surface area contributed by atoms with Crippen LogP contribution < -0.4 is 10.5 Å². The van der Waals surface area contributed by atoms with Gasteiger partial charge < -0.3 is 5.32 Å². The Bertz CT molecular complexity index is 522. The number of hydrogen-bond acceptors (Lipinski definition) is 3. The molecule has 3 N–H and O–H groups in total. The third kappa shape index (κ3) is 4.03. The van der Waals surface area contributed by atoms with Crippen molar-refractivity contribution in [2.75, 3.05) is 13.1 Å². The normalized spacial score (nSPS) is 19.3. The maximum atomic E-state index is 11.3. The average molecular weight is 282 g/mol. The predicted octanol–water partition coefficient (Wildman–Crippen LogP) is 1.37. The van der Waals surface area contributed by atoms with Crippen LogP contribution in [0, 0.1) is 0 Å². The van der Waals surface area contributed by atoms with Crippen molar-refractivity contribution in [1.29, 1.82) is 0 Å². The van der Waals surface area contributed by atoms with Gasteiger partial charge in [0.1, 0.15) is 0 Å². The van der Waals surface area contributed by atoms with Gasteiger partial charge in [-0.25, -0.2) is 13.6 Å². The molecule has 1 aliphatic rings. The number of primary sulfonamides is 1.